The van der Waals surface area contributed by atoms with Crippen molar-refractivity contribution in [2.45, 2.75) is 54.9 Å². The summed E-state index contributed by atoms with van der Waals surface area (Å²) in [6, 6.07) is 0. The van der Waals surface area contributed by atoms with Crippen LogP contribution in [0, 0.1) is 5.41 Å². The third kappa shape index (κ3) is 0.924. The van der Waals surface area contributed by atoms with Gasteiger partial charge >= 0.3 is 0 Å². The van der Waals surface area contributed by atoms with Crippen LogP contribution in [0.25, 0.3) is 5.53 Å². The lowest BCUT2D eigenvalue weighted by Crippen LogP contribution is -2.86. The Kier molecular flexibility index (Phi) is 2.33. The largest absolute Gasteiger partial charge is 0.505 e. The molecule has 3 rings (SSSR count). The van der Waals surface area contributed by atoms with Crippen LogP contribution in [0.4, 0.5) is 0 Å². The molecule has 0 amide bonds. The van der Waals surface area contributed by atoms with E-state index in [1.807, 2.05) is 6.92 Å². The van der Waals surface area contributed by atoms with Gasteiger partial charge in [0.25, 0.3) is 0 Å². The van der Waals surface area contributed by atoms with Crippen molar-refractivity contribution < 1.29 is 14.3 Å². The summed E-state index contributed by atoms with van der Waals surface area (Å²) in [4.78, 5) is 23.3. The molecular weight excluding hydrogens is 275 g/mol. The Hall–Kier alpha value is -0.480. The van der Waals surface area contributed by atoms with Crippen molar-refractivity contribution in [2.75, 3.05) is 0 Å². The van der Waals surface area contributed by atoms with Crippen molar-refractivity contribution >= 4 is 34.8 Å². The molecule has 3 fully saturated rings. The van der Waals surface area contributed by atoms with Crippen molar-refractivity contribution in [3.63, 3.8) is 0 Å². The Morgan fingerprint density at radius 3 is 2.67 bits per heavy atom. The van der Waals surface area contributed by atoms with Crippen LogP contribution in [-0.2, 0) is 9.59 Å². The summed E-state index contributed by atoms with van der Waals surface area (Å²) in [5.74, 6) is -0.336. The summed E-state index contributed by atoms with van der Waals surface area (Å²) in [5.41, 5.74) is 7.91. The monoisotopic (exact) mass is 288 g/mol. The average Bonchev–Trinajstić information content (AvgIpc) is 2.59. The molecule has 1 saturated heterocycles. The van der Waals surface area contributed by atoms with Gasteiger partial charge in [0.05, 0.1) is 0 Å². The maximum atomic E-state index is 12.3. The first-order chi connectivity index (χ1) is 8.34. The van der Waals surface area contributed by atoms with Gasteiger partial charge < -0.3 is 5.53 Å². The maximum absolute atomic E-state index is 12.3. The summed E-state index contributed by atoms with van der Waals surface area (Å²) in [6.45, 7) is 1.91. The zero-order valence-electron chi connectivity index (χ0n) is 10.1. The molecule has 2 aliphatic carbocycles. The van der Waals surface area contributed by atoms with Gasteiger partial charge in [0, 0.05) is 19.3 Å². The lowest BCUT2D eigenvalue weighted by atomic mass is 9.45. The highest BCUT2D eigenvalue weighted by Gasteiger charge is 2.89. The summed E-state index contributed by atoms with van der Waals surface area (Å²) in [7, 11) is 0. The topological polar surface area (TPSA) is 59.5 Å². The Bertz CT molecular complexity index is 492. The van der Waals surface area contributed by atoms with Gasteiger partial charge in [-0.2, -0.15) is 0 Å². The minimum Gasteiger partial charge on any atom is -0.505 e. The van der Waals surface area contributed by atoms with Gasteiger partial charge in [0.1, 0.15) is 5.41 Å². The zero-order chi connectivity index (χ0) is 13.3. The Morgan fingerprint density at radius 2 is 2.06 bits per heavy atom. The molecule has 0 radical (unpaired) electrons. The first-order valence-electron chi connectivity index (χ1n) is 6.19. The average molecular weight is 289 g/mol. The van der Waals surface area contributed by atoms with Crippen LogP contribution in [0.3, 0.4) is 0 Å². The molecular formula is C12H14Cl2N2O2. The quantitative estimate of drug-likeness (QED) is 0.579. The maximum Gasteiger partial charge on any atom is 0.235 e. The van der Waals surface area contributed by atoms with Crippen molar-refractivity contribution in [1.29, 1.82) is 0 Å². The van der Waals surface area contributed by atoms with Crippen molar-refractivity contribution in [1.82, 2.24) is 0 Å². The minimum absolute atomic E-state index is 0.0383. The highest BCUT2D eigenvalue weighted by molar-refractivity contribution is 6.54. The number of carbonyl (C=O) groups excluding carboxylic acids is 2. The summed E-state index contributed by atoms with van der Waals surface area (Å²) < 4.78 is 0.985. The normalized spacial score (nSPS) is 46.0. The number of rotatable bonds is 2. The highest BCUT2D eigenvalue weighted by Crippen LogP contribution is 2.70. The number of piperidine rings is 1. The number of halogens is 2. The lowest BCUT2D eigenvalue weighted by molar-refractivity contribution is -0.781. The highest BCUT2D eigenvalue weighted by atomic mass is 35.5. The predicted octanol–water partition coefficient (Wildman–Crippen LogP) is 2.44. The summed E-state index contributed by atoms with van der Waals surface area (Å²) >= 11 is 11.4. The Morgan fingerprint density at radius 1 is 1.39 bits per heavy atom. The fourth-order valence-electron chi connectivity index (χ4n) is 4.68. The first-order valence-corrected chi connectivity index (χ1v) is 7.07. The molecule has 2 saturated carbocycles. The second-order valence-electron chi connectivity index (χ2n) is 5.81. The fourth-order valence-corrected chi connectivity index (χ4v) is 5.04. The van der Waals surface area contributed by atoms with Crippen LogP contribution >= 0.6 is 23.2 Å². The van der Waals surface area contributed by atoms with Gasteiger partial charge in [-0.25, -0.2) is 0 Å². The molecule has 0 N–H and O–H groups in total. The number of hydrogen-bond acceptors (Lipinski definition) is 2. The van der Waals surface area contributed by atoms with Gasteiger partial charge in [-0.3, -0.25) is 14.3 Å². The number of hydrogen-bond donors (Lipinski definition) is 0. The Labute approximate surface area is 115 Å². The number of Topliss-reactive ketones (excluding diaryl/α,β-unsaturated/α-hetero) is 2. The smallest absolute Gasteiger partial charge is 0.235 e. The van der Waals surface area contributed by atoms with Crippen molar-refractivity contribution in [3.8, 4) is 0 Å². The molecule has 1 heterocycles. The number of carbonyl (C=O) groups is 2. The molecule has 0 aromatic carbocycles. The van der Waals surface area contributed by atoms with E-state index in [4.69, 9.17) is 23.2 Å². The molecule has 0 aromatic heterocycles. The third-order valence-corrected chi connectivity index (χ3v) is 5.94. The van der Waals surface area contributed by atoms with Gasteiger partial charge in [0.15, 0.2) is 4.84 Å². The predicted molar refractivity (Wildman–Crippen MR) is 65.8 cm³/mol. The molecule has 3 aliphatic rings. The zero-order valence-corrected chi connectivity index (χ0v) is 11.6. The SMILES string of the molecule is CC12CCC(=O)C13CCCC2(C(=O)C(Cl)Cl)[N+]3=[N-]. The van der Waals surface area contributed by atoms with Crippen LogP contribution in [0.1, 0.15) is 39.0 Å². The standard InChI is InChI=1S/C12H14Cl2N2O2/c1-10-6-3-7(17)11(10)4-2-5-12(10,16(11)15)8(18)9(13)14/h9H,2-6H2,1H3. The second kappa shape index (κ2) is 3.34. The molecule has 4 nitrogen and oxygen atoms in total. The molecule has 0 spiro atoms. The lowest BCUT2D eigenvalue weighted by Gasteiger charge is -2.65. The molecule has 3 unspecified atom stereocenters. The van der Waals surface area contributed by atoms with Crippen LogP contribution in [0.5, 0.6) is 0 Å². The minimum atomic E-state index is -1.16. The third-order valence-electron chi connectivity index (χ3n) is 5.55. The first kappa shape index (κ1) is 12.5. The fraction of sp³-hybridized carbons (Fsp3) is 0.833. The Balaban J connectivity index is 2.16. The van der Waals surface area contributed by atoms with Gasteiger partial charge in [0.2, 0.25) is 22.6 Å². The number of nitrogens with zero attached hydrogens (tertiary/aromatic N) is 2. The van der Waals surface area contributed by atoms with Crippen LogP contribution < -0.4 is 0 Å². The molecule has 0 aromatic rings. The number of alkyl halides is 2. The second-order valence-corrected chi connectivity index (χ2v) is 6.90. The van der Waals surface area contributed by atoms with E-state index in [1.54, 1.807) is 0 Å². The number of ketones is 2. The van der Waals surface area contributed by atoms with Crippen LogP contribution in [0.2, 0.25) is 0 Å². The van der Waals surface area contributed by atoms with E-state index >= 15 is 0 Å². The van der Waals surface area contributed by atoms with E-state index < -0.39 is 21.3 Å². The van der Waals surface area contributed by atoms with Gasteiger partial charge in [-0.05, 0) is 19.8 Å². The van der Waals surface area contributed by atoms with E-state index in [1.165, 1.54) is 0 Å². The van der Waals surface area contributed by atoms with E-state index in [0.29, 0.717) is 25.7 Å². The molecule has 18 heavy (non-hydrogen) atoms. The van der Waals surface area contributed by atoms with Crippen LogP contribution in [0.15, 0.2) is 0 Å². The van der Waals surface area contributed by atoms with E-state index in [2.05, 4.69) is 0 Å². The molecule has 2 bridgehead atoms. The van der Waals surface area contributed by atoms with E-state index in [0.717, 1.165) is 11.1 Å². The van der Waals surface area contributed by atoms with Gasteiger partial charge in [-0.1, -0.05) is 23.2 Å². The van der Waals surface area contributed by atoms with Crippen molar-refractivity contribution in [3.05, 3.63) is 5.53 Å². The molecule has 98 valence electrons. The van der Waals surface area contributed by atoms with Crippen molar-refractivity contribution in [2.24, 2.45) is 5.41 Å². The van der Waals surface area contributed by atoms with E-state index in [-0.39, 0.29) is 11.6 Å². The molecule has 6 heteroatoms. The molecule has 1 aliphatic heterocycles. The molecule has 3 atom stereocenters. The van der Waals surface area contributed by atoms with Gasteiger partial charge in [-0.15, -0.1) is 0 Å². The summed E-state index contributed by atoms with van der Waals surface area (Å²) in [5, 5.41) is 0. The summed E-state index contributed by atoms with van der Waals surface area (Å²) in [6.07, 6.45) is 2.91. The van der Waals surface area contributed by atoms with E-state index in [9.17, 15) is 15.1 Å². The van der Waals surface area contributed by atoms with Crippen LogP contribution in [-0.4, -0.2) is 32.2 Å².